The number of rotatable bonds is 6. The van der Waals surface area contributed by atoms with E-state index in [2.05, 4.69) is 11.4 Å². The minimum absolute atomic E-state index is 0.0194. The molecule has 1 N–H and O–H groups in total. The average molecular weight is 464 g/mol. The minimum Gasteiger partial charge on any atom is -0.462 e. The van der Waals surface area contributed by atoms with Crippen LogP contribution in [0.4, 0.5) is 0 Å². The molecule has 4 heterocycles. The number of fused-ring (bicyclic) bond motifs is 5. The molecule has 3 aliphatic heterocycles. The molecule has 1 aromatic carbocycles. The molecule has 1 aromatic heterocycles. The third-order valence-corrected chi connectivity index (χ3v) is 7.33. The van der Waals surface area contributed by atoms with E-state index in [1.807, 2.05) is 44.2 Å². The zero-order chi connectivity index (χ0) is 24.0. The van der Waals surface area contributed by atoms with Gasteiger partial charge in [-0.15, -0.1) is 0 Å². The van der Waals surface area contributed by atoms with Gasteiger partial charge in [-0.1, -0.05) is 32.0 Å². The lowest BCUT2D eigenvalue weighted by molar-refractivity contribution is -0.204. The molecule has 0 aliphatic carbocycles. The summed E-state index contributed by atoms with van der Waals surface area (Å²) in [5.41, 5.74) is 1.66. The molecule has 1 fully saturated rings. The molecule has 1 saturated heterocycles. The Labute approximate surface area is 198 Å². The Bertz CT molecular complexity index is 1210. The fraction of sp³-hybridized carbons (Fsp3) is 0.462. The number of pyridine rings is 1. The number of benzene rings is 1. The van der Waals surface area contributed by atoms with E-state index < -0.39 is 29.4 Å². The van der Waals surface area contributed by atoms with Gasteiger partial charge in [-0.3, -0.25) is 9.59 Å². The summed E-state index contributed by atoms with van der Waals surface area (Å²) >= 11 is 0. The monoisotopic (exact) mass is 463 g/mol. The summed E-state index contributed by atoms with van der Waals surface area (Å²) < 4.78 is 11.3. The largest absolute Gasteiger partial charge is 0.462 e. The summed E-state index contributed by atoms with van der Waals surface area (Å²) in [6.07, 6.45) is 2.96. The maximum Gasteiger partial charge on any atom is 0.351 e. The van der Waals surface area contributed by atoms with Gasteiger partial charge in [0.1, 0.15) is 6.61 Å². The number of esters is 2. The van der Waals surface area contributed by atoms with Crippen molar-refractivity contribution in [3.05, 3.63) is 47.7 Å². The first-order valence-corrected chi connectivity index (χ1v) is 11.9. The van der Waals surface area contributed by atoms with E-state index >= 15 is 0 Å². The molecule has 8 heteroatoms. The Morgan fingerprint density at radius 1 is 1.32 bits per heavy atom. The Morgan fingerprint density at radius 2 is 2.12 bits per heavy atom. The van der Waals surface area contributed by atoms with Gasteiger partial charge in [0.15, 0.2) is 0 Å². The highest BCUT2D eigenvalue weighted by molar-refractivity contribution is 5.97. The summed E-state index contributed by atoms with van der Waals surface area (Å²) in [7, 11) is 0. The van der Waals surface area contributed by atoms with E-state index in [4.69, 9.17) is 14.5 Å². The van der Waals surface area contributed by atoms with Gasteiger partial charge in [0, 0.05) is 22.9 Å². The standard InChI is InChI=1S/C26H29N3O5/c1-4-15(3)27-12-22(30)34-26(5-2)19-11-21-23-17(10-16-8-6-7-9-20(16)28-23)13-29(21)24(31)18(19)14-33-25(26)32/h6-11,15,18-19,27H,4-5,12-14H2,1-3H3/t15?,18?,19?,26-/m0/s1. The molecule has 2 aromatic rings. The smallest absolute Gasteiger partial charge is 0.351 e. The normalized spacial score (nSPS) is 26.3. The highest BCUT2D eigenvalue weighted by atomic mass is 16.6. The van der Waals surface area contributed by atoms with Crippen LogP contribution in [0.3, 0.4) is 0 Å². The SMILES string of the molecule is CCC(C)NCC(=O)O[C@]1(CC)C(=O)OCC2C(=O)N3Cc4cc5ccccc5nc4C3=CC21. The van der Waals surface area contributed by atoms with Crippen LogP contribution in [0.2, 0.25) is 0 Å². The maximum absolute atomic E-state index is 13.6. The second-order valence-corrected chi connectivity index (χ2v) is 9.30. The van der Waals surface area contributed by atoms with Crippen LogP contribution >= 0.6 is 0 Å². The number of cyclic esters (lactones) is 1. The Hall–Kier alpha value is -3.26. The number of ether oxygens (including phenoxy) is 2. The van der Waals surface area contributed by atoms with Crippen LogP contribution in [0, 0.1) is 11.8 Å². The predicted octanol–water partition coefficient (Wildman–Crippen LogP) is 2.80. The van der Waals surface area contributed by atoms with Crippen molar-refractivity contribution in [2.24, 2.45) is 11.8 Å². The fourth-order valence-corrected chi connectivity index (χ4v) is 5.15. The Balaban J connectivity index is 1.54. The Kier molecular flexibility index (Phi) is 5.64. The van der Waals surface area contributed by atoms with Crippen molar-refractivity contribution in [1.29, 1.82) is 0 Å². The van der Waals surface area contributed by atoms with E-state index in [1.165, 1.54) is 0 Å². The van der Waals surface area contributed by atoms with Gasteiger partial charge < -0.3 is 19.7 Å². The quantitative estimate of drug-likeness (QED) is 0.658. The van der Waals surface area contributed by atoms with Crippen LogP contribution < -0.4 is 5.32 Å². The van der Waals surface area contributed by atoms with Crippen molar-refractivity contribution in [2.45, 2.75) is 51.8 Å². The van der Waals surface area contributed by atoms with E-state index in [9.17, 15) is 14.4 Å². The summed E-state index contributed by atoms with van der Waals surface area (Å²) in [5.74, 6) is -2.51. The highest BCUT2D eigenvalue weighted by Gasteiger charge is 2.59. The lowest BCUT2D eigenvalue weighted by Gasteiger charge is -2.46. The van der Waals surface area contributed by atoms with Crippen molar-refractivity contribution in [3.8, 4) is 0 Å². The first kappa shape index (κ1) is 22.5. The third-order valence-electron chi connectivity index (χ3n) is 7.33. The number of hydrogen-bond donors (Lipinski definition) is 1. The molecule has 5 rings (SSSR count). The number of nitrogens with zero attached hydrogens (tertiary/aromatic N) is 2. The van der Waals surface area contributed by atoms with E-state index in [0.29, 0.717) is 12.2 Å². The van der Waals surface area contributed by atoms with Crippen molar-refractivity contribution in [1.82, 2.24) is 15.2 Å². The zero-order valence-electron chi connectivity index (χ0n) is 19.7. The number of carbonyl (C=O) groups is 3. The molecule has 8 nitrogen and oxygen atoms in total. The number of hydrogen-bond acceptors (Lipinski definition) is 7. The number of carbonyl (C=O) groups excluding carboxylic acids is 3. The van der Waals surface area contributed by atoms with E-state index in [-0.39, 0.29) is 31.5 Å². The number of aromatic nitrogens is 1. The van der Waals surface area contributed by atoms with Crippen molar-refractivity contribution >= 4 is 34.4 Å². The molecule has 0 radical (unpaired) electrons. The molecule has 0 spiro atoms. The fourth-order valence-electron chi connectivity index (χ4n) is 5.15. The van der Waals surface area contributed by atoms with Gasteiger partial charge in [-0.2, -0.15) is 0 Å². The van der Waals surface area contributed by atoms with Crippen LogP contribution in [0.15, 0.2) is 36.4 Å². The highest BCUT2D eigenvalue weighted by Crippen LogP contribution is 2.47. The Morgan fingerprint density at radius 3 is 2.88 bits per heavy atom. The minimum atomic E-state index is -1.55. The van der Waals surface area contributed by atoms with Gasteiger partial charge in [-0.25, -0.2) is 9.78 Å². The van der Waals surface area contributed by atoms with Crippen molar-refractivity contribution in [2.75, 3.05) is 13.2 Å². The molecule has 0 bridgehead atoms. The van der Waals surface area contributed by atoms with Crippen molar-refractivity contribution < 1.29 is 23.9 Å². The predicted molar refractivity (Wildman–Crippen MR) is 125 cm³/mol. The van der Waals surface area contributed by atoms with Gasteiger partial charge in [-0.05, 0) is 38.0 Å². The van der Waals surface area contributed by atoms with Gasteiger partial charge in [0.2, 0.25) is 11.5 Å². The number of para-hydroxylation sites is 1. The second kappa shape index (κ2) is 8.51. The third kappa shape index (κ3) is 3.48. The second-order valence-electron chi connectivity index (χ2n) is 9.30. The molecular weight excluding hydrogens is 434 g/mol. The molecule has 3 unspecified atom stereocenters. The van der Waals surface area contributed by atoms with Crippen LogP contribution in [-0.2, 0) is 30.4 Å². The number of nitrogens with one attached hydrogen (secondary N) is 1. The molecular formula is C26H29N3O5. The topological polar surface area (TPSA) is 97.8 Å². The summed E-state index contributed by atoms with van der Waals surface area (Å²) in [5, 5.41) is 4.11. The number of amides is 1. The van der Waals surface area contributed by atoms with Crippen LogP contribution in [0.5, 0.6) is 0 Å². The molecule has 3 aliphatic rings. The van der Waals surface area contributed by atoms with Crippen LogP contribution in [0.25, 0.3) is 16.6 Å². The van der Waals surface area contributed by atoms with E-state index in [0.717, 1.165) is 28.6 Å². The molecule has 178 valence electrons. The summed E-state index contributed by atoms with van der Waals surface area (Å²) in [6.45, 7) is 6.14. The average Bonchev–Trinajstić information content (AvgIpc) is 3.20. The molecule has 4 atom stereocenters. The summed E-state index contributed by atoms with van der Waals surface area (Å²) in [6, 6.07) is 10.0. The lowest BCUT2D eigenvalue weighted by atomic mass is 9.72. The lowest BCUT2D eigenvalue weighted by Crippen LogP contribution is -2.61. The van der Waals surface area contributed by atoms with Crippen LogP contribution in [-0.4, -0.2) is 52.5 Å². The van der Waals surface area contributed by atoms with E-state index in [1.54, 1.807) is 11.8 Å². The van der Waals surface area contributed by atoms with Crippen LogP contribution in [0.1, 0.15) is 44.9 Å². The molecule has 0 saturated carbocycles. The zero-order valence-corrected chi connectivity index (χ0v) is 19.7. The van der Waals surface area contributed by atoms with Gasteiger partial charge >= 0.3 is 11.9 Å². The van der Waals surface area contributed by atoms with Gasteiger partial charge in [0.25, 0.3) is 0 Å². The van der Waals surface area contributed by atoms with Gasteiger partial charge in [0.05, 0.1) is 35.9 Å². The first-order valence-electron chi connectivity index (χ1n) is 11.9. The first-order chi connectivity index (χ1) is 16.4. The molecule has 1 amide bonds. The maximum atomic E-state index is 13.6. The summed E-state index contributed by atoms with van der Waals surface area (Å²) in [4.78, 5) is 45.9. The molecule has 34 heavy (non-hydrogen) atoms. The van der Waals surface area contributed by atoms with Crippen molar-refractivity contribution in [3.63, 3.8) is 0 Å².